The predicted octanol–water partition coefficient (Wildman–Crippen LogP) is 1.61. The van der Waals surface area contributed by atoms with Crippen molar-refractivity contribution < 1.29 is 9.59 Å². The number of halogens is 1. The van der Waals surface area contributed by atoms with Crippen LogP contribution in [0.3, 0.4) is 0 Å². The molecule has 1 aliphatic heterocycles. The first-order valence-corrected chi connectivity index (χ1v) is 6.86. The topological polar surface area (TPSA) is 66.6 Å². The van der Waals surface area contributed by atoms with E-state index in [1.54, 1.807) is 37.2 Å². The van der Waals surface area contributed by atoms with Crippen molar-refractivity contribution in [3.63, 3.8) is 0 Å². The number of rotatable bonds is 2. The molecule has 108 valence electrons. The van der Waals surface area contributed by atoms with Crippen LogP contribution in [0, 0.1) is 0 Å². The summed E-state index contributed by atoms with van der Waals surface area (Å²) in [7, 11) is 3.38. The van der Waals surface area contributed by atoms with Gasteiger partial charge in [-0.1, -0.05) is 11.6 Å². The molecule has 0 aromatic heterocycles. The third kappa shape index (κ3) is 2.72. The number of likely N-dealkylation sites (N-methyl/N-ethyl adjacent to an activating group) is 1. The van der Waals surface area contributed by atoms with Gasteiger partial charge in [0.2, 0.25) is 5.91 Å². The van der Waals surface area contributed by atoms with Gasteiger partial charge in [-0.2, -0.15) is 0 Å². The van der Waals surface area contributed by atoms with Crippen molar-refractivity contribution in [3.8, 4) is 0 Å². The first-order valence-electron chi connectivity index (χ1n) is 6.49. The van der Waals surface area contributed by atoms with E-state index in [1.165, 1.54) is 4.90 Å². The Hall–Kier alpha value is -1.75. The van der Waals surface area contributed by atoms with Crippen molar-refractivity contribution in [1.29, 1.82) is 0 Å². The van der Waals surface area contributed by atoms with Crippen molar-refractivity contribution in [2.24, 2.45) is 0 Å². The number of anilines is 1. The summed E-state index contributed by atoms with van der Waals surface area (Å²) < 4.78 is 0. The highest BCUT2D eigenvalue weighted by molar-refractivity contribution is 6.31. The zero-order valence-electron chi connectivity index (χ0n) is 11.6. The third-order valence-corrected chi connectivity index (χ3v) is 3.72. The fraction of sp³-hybridized carbons (Fsp3) is 0.429. The molecule has 6 heteroatoms. The Balaban J connectivity index is 2.28. The van der Waals surface area contributed by atoms with E-state index in [0.29, 0.717) is 29.2 Å². The van der Waals surface area contributed by atoms with Crippen LogP contribution in [0.1, 0.15) is 23.2 Å². The summed E-state index contributed by atoms with van der Waals surface area (Å²) in [6.07, 6.45) is 1.50. The van der Waals surface area contributed by atoms with Crippen molar-refractivity contribution in [1.82, 2.24) is 9.80 Å². The van der Waals surface area contributed by atoms with Crippen molar-refractivity contribution in [2.45, 2.75) is 18.9 Å². The van der Waals surface area contributed by atoms with Gasteiger partial charge in [-0.25, -0.2) is 0 Å². The zero-order valence-corrected chi connectivity index (χ0v) is 12.4. The van der Waals surface area contributed by atoms with Gasteiger partial charge >= 0.3 is 0 Å². The zero-order chi connectivity index (χ0) is 14.9. The molecule has 2 rings (SSSR count). The van der Waals surface area contributed by atoms with Crippen LogP contribution in [0.4, 0.5) is 5.69 Å². The molecule has 1 unspecified atom stereocenters. The fourth-order valence-corrected chi connectivity index (χ4v) is 2.61. The maximum atomic E-state index is 12.6. The van der Waals surface area contributed by atoms with E-state index in [0.717, 1.165) is 6.42 Å². The van der Waals surface area contributed by atoms with Gasteiger partial charge in [0.25, 0.3) is 5.91 Å². The molecule has 0 bridgehead atoms. The second-order valence-electron chi connectivity index (χ2n) is 5.12. The SMILES string of the molecule is CN(C)C(=O)C1CCCN1C(=O)c1cc(Cl)ccc1N. The van der Waals surface area contributed by atoms with E-state index in [-0.39, 0.29) is 11.8 Å². The molecule has 2 N–H and O–H groups in total. The Morgan fingerprint density at radius 1 is 1.40 bits per heavy atom. The average molecular weight is 296 g/mol. The predicted molar refractivity (Wildman–Crippen MR) is 78.6 cm³/mol. The molecule has 1 heterocycles. The molecule has 1 aromatic rings. The smallest absolute Gasteiger partial charge is 0.256 e. The Morgan fingerprint density at radius 3 is 2.75 bits per heavy atom. The summed E-state index contributed by atoms with van der Waals surface area (Å²) in [5, 5.41) is 0.456. The van der Waals surface area contributed by atoms with Crippen molar-refractivity contribution >= 4 is 29.1 Å². The van der Waals surface area contributed by atoms with E-state index >= 15 is 0 Å². The number of benzene rings is 1. The molecule has 0 aliphatic carbocycles. The number of nitrogens with two attached hydrogens (primary N) is 1. The van der Waals surface area contributed by atoms with Gasteiger partial charge in [0, 0.05) is 31.4 Å². The molecule has 1 aliphatic rings. The van der Waals surface area contributed by atoms with Crippen LogP contribution in [0.5, 0.6) is 0 Å². The standard InChI is InChI=1S/C14H18ClN3O2/c1-17(2)14(20)12-4-3-7-18(12)13(19)10-8-9(15)5-6-11(10)16/h5-6,8,12H,3-4,7,16H2,1-2H3. The van der Waals surface area contributed by atoms with Crippen LogP contribution >= 0.6 is 11.6 Å². The highest BCUT2D eigenvalue weighted by Gasteiger charge is 2.35. The molecule has 0 saturated carbocycles. The number of nitrogen functional groups attached to an aromatic ring is 1. The van der Waals surface area contributed by atoms with E-state index in [9.17, 15) is 9.59 Å². The molecule has 20 heavy (non-hydrogen) atoms. The normalized spacial score (nSPS) is 18.1. The second-order valence-corrected chi connectivity index (χ2v) is 5.56. The first kappa shape index (κ1) is 14.7. The monoisotopic (exact) mass is 295 g/mol. The van der Waals surface area contributed by atoms with Gasteiger partial charge in [-0.05, 0) is 31.0 Å². The molecular formula is C14H18ClN3O2. The number of amides is 2. The summed E-state index contributed by atoms with van der Waals surface area (Å²) in [6.45, 7) is 0.565. The summed E-state index contributed by atoms with van der Waals surface area (Å²) in [5.74, 6) is -0.292. The average Bonchev–Trinajstić information content (AvgIpc) is 2.88. The van der Waals surface area contributed by atoms with Gasteiger partial charge in [0.05, 0.1) is 5.56 Å². The summed E-state index contributed by atoms with van der Waals surface area (Å²) >= 11 is 5.92. The Bertz CT molecular complexity index is 545. The molecule has 0 radical (unpaired) electrons. The van der Waals surface area contributed by atoms with Crippen molar-refractivity contribution in [2.75, 3.05) is 26.4 Å². The summed E-state index contributed by atoms with van der Waals surface area (Å²) in [6, 6.07) is 4.39. The molecule has 1 aromatic carbocycles. The molecule has 0 spiro atoms. The van der Waals surface area contributed by atoms with Gasteiger partial charge in [-0.3, -0.25) is 9.59 Å². The van der Waals surface area contributed by atoms with Gasteiger partial charge in [-0.15, -0.1) is 0 Å². The lowest BCUT2D eigenvalue weighted by Crippen LogP contribution is -2.45. The number of nitrogens with zero attached hydrogens (tertiary/aromatic N) is 2. The lowest BCUT2D eigenvalue weighted by atomic mass is 10.1. The first-order chi connectivity index (χ1) is 9.41. The lowest BCUT2D eigenvalue weighted by molar-refractivity contribution is -0.132. The minimum Gasteiger partial charge on any atom is -0.398 e. The second kappa shape index (κ2) is 5.71. The Labute approximate surface area is 123 Å². The van der Waals surface area contributed by atoms with Crippen LogP contribution in [0.15, 0.2) is 18.2 Å². The van der Waals surface area contributed by atoms with Crippen LogP contribution < -0.4 is 5.73 Å². The minimum atomic E-state index is -0.407. The number of likely N-dealkylation sites (tertiary alicyclic amines) is 1. The van der Waals surface area contributed by atoms with Gasteiger partial charge < -0.3 is 15.5 Å². The molecular weight excluding hydrogens is 278 g/mol. The maximum Gasteiger partial charge on any atom is 0.256 e. The summed E-state index contributed by atoms with van der Waals surface area (Å²) in [4.78, 5) is 27.8. The maximum absolute atomic E-state index is 12.6. The van der Waals surface area contributed by atoms with E-state index in [2.05, 4.69) is 0 Å². The molecule has 2 amide bonds. The fourth-order valence-electron chi connectivity index (χ4n) is 2.43. The molecule has 1 saturated heterocycles. The van der Waals surface area contributed by atoms with E-state index < -0.39 is 6.04 Å². The van der Waals surface area contributed by atoms with E-state index in [4.69, 9.17) is 17.3 Å². The highest BCUT2D eigenvalue weighted by Crippen LogP contribution is 2.25. The van der Waals surface area contributed by atoms with Crippen LogP contribution in [0.25, 0.3) is 0 Å². The van der Waals surface area contributed by atoms with Gasteiger partial charge in [0.15, 0.2) is 0 Å². The van der Waals surface area contributed by atoms with Crippen molar-refractivity contribution in [3.05, 3.63) is 28.8 Å². The number of carbonyl (C=O) groups is 2. The molecule has 5 nitrogen and oxygen atoms in total. The van der Waals surface area contributed by atoms with Crippen LogP contribution in [-0.2, 0) is 4.79 Å². The summed E-state index contributed by atoms with van der Waals surface area (Å²) in [5.41, 5.74) is 6.57. The number of hydrogen-bond acceptors (Lipinski definition) is 3. The Kier molecular flexibility index (Phi) is 4.18. The Morgan fingerprint density at radius 2 is 2.10 bits per heavy atom. The van der Waals surface area contributed by atoms with Crippen LogP contribution in [0.2, 0.25) is 5.02 Å². The number of carbonyl (C=O) groups excluding carboxylic acids is 2. The quantitative estimate of drug-likeness (QED) is 0.843. The third-order valence-electron chi connectivity index (χ3n) is 3.49. The van der Waals surface area contributed by atoms with Crippen LogP contribution in [-0.4, -0.2) is 48.3 Å². The largest absolute Gasteiger partial charge is 0.398 e. The molecule has 1 fully saturated rings. The minimum absolute atomic E-state index is 0.0588. The lowest BCUT2D eigenvalue weighted by Gasteiger charge is -2.26. The van der Waals surface area contributed by atoms with E-state index in [1.807, 2.05) is 0 Å². The molecule has 1 atom stereocenters. The van der Waals surface area contributed by atoms with Gasteiger partial charge in [0.1, 0.15) is 6.04 Å². The highest BCUT2D eigenvalue weighted by atomic mass is 35.5. The number of hydrogen-bond donors (Lipinski definition) is 1.